The van der Waals surface area contributed by atoms with Crippen LogP contribution in [0.15, 0.2) is 18.2 Å². The zero-order chi connectivity index (χ0) is 13.1. The summed E-state index contributed by atoms with van der Waals surface area (Å²) in [6, 6.07) is 6.87. The van der Waals surface area contributed by atoms with Crippen LogP contribution >= 0.6 is 0 Å². The zero-order valence-electron chi connectivity index (χ0n) is 11.8. The first-order chi connectivity index (χ1) is 9.31. The van der Waals surface area contributed by atoms with Gasteiger partial charge in [0, 0.05) is 38.5 Å². The van der Waals surface area contributed by atoms with E-state index in [9.17, 15) is 0 Å². The van der Waals surface area contributed by atoms with Gasteiger partial charge in [0.2, 0.25) is 0 Å². The van der Waals surface area contributed by atoms with Crippen molar-refractivity contribution in [2.75, 3.05) is 38.7 Å². The van der Waals surface area contributed by atoms with Crippen LogP contribution in [0.4, 0.5) is 5.69 Å². The Morgan fingerprint density at radius 1 is 1.32 bits per heavy atom. The van der Waals surface area contributed by atoms with Crippen molar-refractivity contribution in [1.82, 2.24) is 4.90 Å². The molecule has 3 heteroatoms. The smallest absolute Gasteiger partial charge is 0.0469 e. The SMILES string of the molecule is CN(Cc1ccc2c(c1)CCN2)CC1CCOCC1. The lowest BCUT2D eigenvalue weighted by Gasteiger charge is -2.27. The lowest BCUT2D eigenvalue weighted by atomic mass is 9.99. The minimum absolute atomic E-state index is 0.815. The van der Waals surface area contributed by atoms with Crippen molar-refractivity contribution in [1.29, 1.82) is 0 Å². The van der Waals surface area contributed by atoms with Gasteiger partial charge in [-0.1, -0.05) is 12.1 Å². The summed E-state index contributed by atoms with van der Waals surface area (Å²) < 4.78 is 5.42. The van der Waals surface area contributed by atoms with Crippen LogP contribution in [0.25, 0.3) is 0 Å². The largest absolute Gasteiger partial charge is 0.384 e. The number of hydrogen-bond donors (Lipinski definition) is 1. The zero-order valence-corrected chi connectivity index (χ0v) is 11.8. The molecule has 3 nitrogen and oxygen atoms in total. The Kier molecular flexibility index (Phi) is 4.04. The summed E-state index contributed by atoms with van der Waals surface area (Å²) in [7, 11) is 2.24. The standard InChI is InChI=1S/C16H24N2O/c1-18(11-13-5-8-19-9-6-13)12-14-2-3-16-15(10-14)4-7-17-16/h2-3,10,13,17H,4-9,11-12H2,1H3. The molecule has 0 aliphatic carbocycles. The second-order valence-electron chi connectivity index (χ2n) is 5.92. The van der Waals surface area contributed by atoms with E-state index in [2.05, 4.69) is 35.5 Å². The molecule has 0 aromatic heterocycles. The molecular weight excluding hydrogens is 236 g/mol. The van der Waals surface area contributed by atoms with Crippen LogP contribution < -0.4 is 5.32 Å². The Hall–Kier alpha value is -1.06. The van der Waals surface area contributed by atoms with E-state index in [1.807, 2.05) is 0 Å². The highest BCUT2D eigenvalue weighted by Crippen LogP contribution is 2.24. The maximum atomic E-state index is 5.42. The summed E-state index contributed by atoms with van der Waals surface area (Å²) in [5, 5.41) is 3.42. The van der Waals surface area contributed by atoms with Crippen molar-refractivity contribution in [2.24, 2.45) is 5.92 Å². The van der Waals surface area contributed by atoms with Gasteiger partial charge in [-0.15, -0.1) is 0 Å². The molecule has 19 heavy (non-hydrogen) atoms. The molecule has 1 fully saturated rings. The number of fused-ring (bicyclic) bond motifs is 1. The van der Waals surface area contributed by atoms with Gasteiger partial charge < -0.3 is 15.0 Å². The summed E-state index contributed by atoms with van der Waals surface area (Å²) in [6.07, 6.45) is 3.61. The highest BCUT2D eigenvalue weighted by molar-refractivity contribution is 5.56. The fourth-order valence-electron chi connectivity index (χ4n) is 3.20. The number of nitrogens with zero attached hydrogens (tertiary/aromatic N) is 1. The van der Waals surface area contributed by atoms with Crippen molar-refractivity contribution >= 4 is 5.69 Å². The number of anilines is 1. The Bertz CT molecular complexity index is 427. The molecule has 104 valence electrons. The van der Waals surface area contributed by atoms with Crippen LogP contribution in [0.5, 0.6) is 0 Å². The first-order valence-corrected chi connectivity index (χ1v) is 7.43. The van der Waals surface area contributed by atoms with Gasteiger partial charge in [-0.2, -0.15) is 0 Å². The van der Waals surface area contributed by atoms with Gasteiger partial charge in [0.15, 0.2) is 0 Å². The third-order valence-corrected chi connectivity index (χ3v) is 4.24. The van der Waals surface area contributed by atoms with E-state index in [4.69, 9.17) is 4.74 Å². The summed E-state index contributed by atoms with van der Waals surface area (Å²) in [5.41, 5.74) is 4.25. The molecule has 1 aromatic rings. The predicted molar refractivity (Wildman–Crippen MR) is 78.5 cm³/mol. The van der Waals surface area contributed by atoms with Gasteiger partial charge in [0.25, 0.3) is 0 Å². The lowest BCUT2D eigenvalue weighted by molar-refractivity contribution is 0.0549. The maximum Gasteiger partial charge on any atom is 0.0469 e. The molecule has 2 aliphatic heterocycles. The van der Waals surface area contributed by atoms with E-state index < -0.39 is 0 Å². The topological polar surface area (TPSA) is 24.5 Å². The van der Waals surface area contributed by atoms with Crippen molar-refractivity contribution in [3.63, 3.8) is 0 Å². The van der Waals surface area contributed by atoms with Crippen LogP contribution in [-0.2, 0) is 17.7 Å². The molecule has 0 radical (unpaired) electrons. The first kappa shape index (κ1) is 12.9. The second kappa shape index (κ2) is 5.93. The van der Waals surface area contributed by atoms with Crippen molar-refractivity contribution in [3.8, 4) is 0 Å². The van der Waals surface area contributed by atoms with Gasteiger partial charge in [0.05, 0.1) is 0 Å². The molecule has 1 aromatic carbocycles. The van der Waals surface area contributed by atoms with E-state index in [0.29, 0.717) is 0 Å². The van der Waals surface area contributed by atoms with E-state index in [-0.39, 0.29) is 0 Å². The molecular formula is C16H24N2O. The molecule has 1 saturated heterocycles. The molecule has 2 heterocycles. The van der Waals surface area contributed by atoms with Gasteiger partial charge in [0.1, 0.15) is 0 Å². The third-order valence-electron chi connectivity index (χ3n) is 4.24. The Balaban J connectivity index is 1.55. The van der Waals surface area contributed by atoms with Crippen LogP contribution in [-0.4, -0.2) is 38.3 Å². The van der Waals surface area contributed by atoms with Crippen molar-refractivity contribution in [3.05, 3.63) is 29.3 Å². The van der Waals surface area contributed by atoms with Gasteiger partial charge in [-0.3, -0.25) is 0 Å². The highest BCUT2D eigenvalue weighted by Gasteiger charge is 2.16. The van der Waals surface area contributed by atoms with E-state index in [1.54, 1.807) is 0 Å². The van der Waals surface area contributed by atoms with Gasteiger partial charge >= 0.3 is 0 Å². The quantitative estimate of drug-likeness (QED) is 0.900. The maximum absolute atomic E-state index is 5.42. The number of ether oxygens (including phenoxy) is 1. The monoisotopic (exact) mass is 260 g/mol. The Labute approximate surface area is 115 Å². The minimum Gasteiger partial charge on any atom is -0.384 e. The average Bonchev–Trinajstić information content (AvgIpc) is 2.87. The number of benzene rings is 1. The predicted octanol–water partition coefficient (Wildman–Crippen LogP) is 2.51. The summed E-state index contributed by atoms with van der Waals surface area (Å²) in [4.78, 5) is 2.46. The van der Waals surface area contributed by atoms with Gasteiger partial charge in [-0.25, -0.2) is 0 Å². The Morgan fingerprint density at radius 2 is 2.16 bits per heavy atom. The minimum atomic E-state index is 0.815. The number of rotatable bonds is 4. The molecule has 3 rings (SSSR count). The third kappa shape index (κ3) is 3.28. The summed E-state index contributed by atoms with van der Waals surface area (Å²) in [5.74, 6) is 0.815. The molecule has 1 N–H and O–H groups in total. The van der Waals surface area contributed by atoms with Crippen molar-refractivity contribution in [2.45, 2.75) is 25.8 Å². The lowest BCUT2D eigenvalue weighted by Crippen LogP contribution is -2.29. The van der Waals surface area contributed by atoms with Gasteiger partial charge in [-0.05, 0) is 49.4 Å². The molecule has 0 unspecified atom stereocenters. The normalized spacial score (nSPS) is 19.5. The Morgan fingerprint density at radius 3 is 3.00 bits per heavy atom. The van der Waals surface area contributed by atoms with Crippen molar-refractivity contribution < 1.29 is 4.74 Å². The molecule has 0 amide bonds. The number of nitrogens with one attached hydrogen (secondary N) is 1. The first-order valence-electron chi connectivity index (χ1n) is 7.43. The van der Waals surface area contributed by atoms with Crippen LogP contribution in [0.1, 0.15) is 24.0 Å². The number of hydrogen-bond acceptors (Lipinski definition) is 3. The van der Waals surface area contributed by atoms with Crippen LogP contribution in [0, 0.1) is 5.92 Å². The summed E-state index contributed by atoms with van der Waals surface area (Å²) >= 11 is 0. The fourth-order valence-corrected chi connectivity index (χ4v) is 3.20. The molecule has 0 atom stereocenters. The van der Waals surface area contributed by atoms with E-state index >= 15 is 0 Å². The molecule has 0 bridgehead atoms. The average molecular weight is 260 g/mol. The highest BCUT2D eigenvalue weighted by atomic mass is 16.5. The molecule has 2 aliphatic rings. The fraction of sp³-hybridized carbons (Fsp3) is 0.625. The second-order valence-corrected chi connectivity index (χ2v) is 5.92. The van der Waals surface area contributed by atoms with Crippen LogP contribution in [0.2, 0.25) is 0 Å². The molecule has 0 saturated carbocycles. The van der Waals surface area contributed by atoms with E-state index in [1.165, 1.54) is 42.6 Å². The van der Waals surface area contributed by atoms with Crippen LogP contribution in [0.3, 0.4) is 0 Å². The summed E-state index contributed by atoms with van der Waals surface area (Å²) in [6.45, 7) is 5.24. The van der Waals surface area contributed by atoms with E-state index in [0.717, 1.165) is 32.2 Å². The molecule has 0 spiro atoms.